The Bertz CT molecular complexity index is 445. The smallest absolute Gasteiger partial charge is 0.255 e. The van der Waals surface area contributed by atoms with Crippen molar-refractivity contribution in [3.63, 3.8) is 0 Å². The van der Waals surface area contributed by atoms with Crippen LogP contribution in [0.3, 0.4) is 0 Å². The number of nitrogens with one attached hydrogen (secondary N) is 1. The van der Waals surface area contributed by atoms with Gasteiger partial charge in [-0.05, 0) is 31.4 Å². The molecule has 4 nitrogen and oxygen atoms in total. The maximum absolute atomic E-state index is 12.1. The summed E-state index contributed by atoms with van der Waals surface area (Å²) >= 11 is 0. The minimum Gasteiger partial charge on any atom is -0.507 e. The number of hydrogen-bond acceptors (Lipinski definition) is 3. The summed E-state index contributed by atoms with van der Waals surface area (Å²) in [6, 6.07) is 5.22. The monoisotopic (exact) mass is 248 g/mol. The predicted molar refractivity (Wildman–Crippen MR) is 70.5 cm³/mol. The van der Waals surface area contributed by atoms with Crippen molar-refractivity contribution in [2.24, 2.45) is 5.73 Å². The molecule has 98 valence electrons. The fourth-order valence-electron chi connectivity index (χ4n) is 2.43. The summed E-state index contributed by atoms with van der Waals surface area (Å²) in [6.45, 7) is 1.78. The topological polar surface area (TPSA) is 75.4 Å². The van der Waals surface area contributed by atoms with Crippen LogP contribution in [0.15, 0.2) is 18.2 Å². The molecule has 4 heteroatoms. The van der Waals surface area contributed by atoms with Gasteiger partial charge < -0.3 is 16.2 Å². The molecule has 2 rings (SSSR count). The molecular weight excluding hydrogens is 228 g/mol. The van der Waals surface area contributed by atoms with Gasteiger partial charge in [0, 0.05) is 12.1 Å². The van der Waals surface area contributed by atoms with Crippen molar-refractivity contribution >= 4 is 5.91 Å². The summed E-state index contributed by atoms with van der Waals surface area (Å²) in [7, 11) is 0. The van der Waals surface area contributed by atoms with Crippen molar-refractivity contribution in [1.29, 1.82) is 0 Å². The molecule has 1 aromatic carbocycles. The highest BCUT2D eigenvalue weighted by Gasteiger charge is 2.24. The van der Waals surface area contributed by atoms with Gasteiger partial charge in [0.1, 0.15) is 5.75 Å². The third kappa shape index (κ3) is 2.64. The molecule has 1 amide bonds. The van der Waals surface area contributed by atoms with Crippen LogP contribution in [0.5, 0.6) is 5.75 Å². The lowest BCUT2D eigenvalue weighted by molar-refractivity contribution is 0.0918. The standard InChI is InChI=1S/C14H20N2O2/c1-9-5-4-6-10(13(9)17)14(18)16-12-8-3-2-7-11(12)15/h4-6,11-12,17H,2-3,7-8,15H2,1H3,(H,16,18). The molecule has 1 fully saturated rings. The normalized spacial score (nSPS) is 23.7. The van der Waals surface area contributed by atoms with E-state index in [-0.39, 0.29) is 23.7 Å². The van der Waals surface area contributed by atoms with Crippen molar-refractivity contribution in [1.82, 2.24) is 5.32 Å². The second-order valence-corrected chi connectivity index (χ2v) is 5.00. The number of aryl methyl sites for hydroxylation is 1. The largest absolute Gasteiger partial charge is 0.507 e. The first-order chi connectivity index (χ1) is 8.59. The second kappa shape index (κ2) is 5.40. The quantitative estimate of drug-likeness (QED) is 0.745. The van der Waals surface area contributed by atoms with Crippen LogP contribution >= 0.6 is 0 Å². The van der Waals surface area contributed by atoms with Crippen LogP contribution in [0.4, 0.5) is 0 Å². The number of phenols is 1. The predicted octanol–water partition coefficient (Wildman–Crippen LogP) is 1.70. The lowest BCUT2D eigenvalue weighted by atomic mass is 9.91. The summed E-state index contributed by atoms with van der Waals surface area (Å²) in [6.07, 6.45) is 4.09. The third-order valence-corrected chi connectivity index (χ3v) is 3.62. The van der Waals surface area contributed by atoms with E-state index in [0.29, 0.717) is 11.1 Å². The van der Waals surface area contributed by atoms with Crippen LogP contribution in [0.2, 0.25) is 0 Å². The van der Waals surface area contributed by atoms with Gasteiger partial charge in [-0.15, -0.1) is 0 Å². The van der Waals surface area contributed by atoms with Crippen LogP contribution in [0.1, 0.15) is 41.6 Å². The fraction of sp³-hybridized carbons (Fsp3) is 0.500. The molecule has 0 bridgehead atoms. The number of rotatable bonds is 2. The van der Waals surface area contributed by atoms with Crippen LogP contribution in [-0.2, 0) is 0 Å². The number of carbonyl (C=O) groups excluding carboxylic acids is 1. The maximum atomic E-state index is 12.1. The van der Waals surface area contributed by atoms with E-state index in [9.17, 15) is 9.90 Å². The van der Waals surface area contributed by atoms with Crippen molar-refractivity contribution in [2.45, 2.75) is 44.7 Å². The molecule has 1 aliphatic carbocycles. The number of nitrogens with two attached hydrogens (primary N) is 1. The van der Waals surface area contributed by atoms with Crippen LogP contribution in [-0.4, -0.2) is 23.1 Å². The Labute approximate surface area is 107 Å². The lowest BCUT2D eigenvalue weighted by Gasteiger charge is -2.29. The molecule has 0 aliphatic heterocycles. The highest BCUT2D eigenvalue weighted by molar-refractivity contribution is 5.97. The average Bonchev–Trinajstić information content (AvgIpc) is 2.35. The van der Waals surface area contributed by atoms with Gasteiger partial charge in [0.05, 0.1) is 5.56 Å². The number of para-hydroxylation sites is 1. The van der Waals surface area contributed by atoms with Gasteiger partial charge >= 0.3 is 0 Å². The molecule has 2 unspecified atom stereocenters. The molecule has 1 saturated carbocycles. The number of benzene rings is 1. The first-order valence-corrected chi connectivity index (χ1v) is 6.44. The van der Waals surface area contributed by atoms with E-state index >= 15 is 0 Å². The molecule has 18 heavy (non-hydrogen) atoms. The van der Waals surface area contributed by atoms with E-state index in [1.807, 2.05) is 0 Å². The highest BCUT2D eigenvalue weighted by Crippen LogP contribution is 2.22. The minimum atomic E-state index is -0.237. The summed E-state index contributed by atoms with van der Waals surface area (Å²) in [5, 5.41) is 12.8. The van der Waals surface area contributed by atoms with E-state index in [2.05, 4.69) is 5.32 Å². The number of hydrogen-bond donors (Lipinski definition) is 3. The van der Waals surface area contributed by atoms with Crippen molar-refractivity contribution in [2.75, 3.05) is 0 Å². The van der Waals surface area contributed by atoms with Gasteiger partial charge in [0.15, 0.2) is 0 Å². The Hall–Kier alpha value is -1.55. The molecule has 0 saturated heterocycles. The van der Waals surface area contributed by atoms with Gasteiger partial charge in [-0.2, -0.15) is 0 Å². The van der Waals surface area contributed by atoms with Crippen molar-refractivity contribution in [3.8, 4) is 5.75 Å². The zero-order chi connectivity index (χ0) is 13.1. The Morgan fingerprint density at radius 1 is 1.39 bits per heavy atom. The lowest BCUT2D eigenvalue weighted by Crippen LogP contribution is -2.49. The number of aromatic hydroxyl groups is 1. The second-order valence-electron chi connectivity index (χ2n) is 5.00. The van der Waals surface area contributed by atoms with E-state index < -0.39 is 0 Å². The third-order valence-electron chi connectivity index (χ3n) is 3.62. The molecule has 0 aromatic heterocycles. The molecule has 1 aromatic rings. The van der Waals surface area contributed by atoms with Crippen molar-refractivity contribution in [3.05, 3.63) is 29.3 Å². The van der Waals surface area contributed by atoms with E-state index in [0.717, 1.165) is 25.7 Å². The summed E-state index contributed by atoms with van der Waals surface area (Å²) in [4.78, 5) is 12.1. The summed E-state index contributed by atoms with van der Waals surface area (Å²) in [5.41, 5.74) is 7.03. The van der Waals surface area contributed by atoms with Crippen molar-refractivity contribution < 1.29 is 9.90 Å². The molecule has 0 spiro atoms. The highest BCUT2D eigenvalue weighted by atomic mass is 16.3. The van der Waals surface area contributed by atoms with Gasteiger partial charge in [-0.1, -0.05) is 25.0 Å². The zero-order valence-corrected chi connectivity index (χ0v) is 10.6. The van der Waals surface area contributed by atoms with E-state index in [1.54, 1.807) is 25.1 Å². The zero-order valence-electron chi connectivity index (χ0n) is 10.6. The Kier molecular flexibility index (Phi) is 3.87. The van der Waals surface area contributed by atoms with Gasteiger partial charge in [-0.3, -0.25) is 4.79 Å². The molecule has 4 N–H and O–H groups in total. The summed E-state index contributed by atoms with van der Waals surface area (Å²) < 4.78 is 0. The molecule has 0 radical (unpaired) electrons. The Morgan fingerprint density at radius 2 is 2.11 bits per heavy atom. The number of carbonyl (C=O) groups is 1. The van der Waals surface area contributed by atoms with E-state index in [4.69, 9.17) is 5.73 Å². The van der Waals surface area contributed by atoms with Gasteiger partial charge in [-0.25, -0.2) is 0 Å². The van der Waals surface area contributed by atoms with E-state index in [1.165, 1.54) is 0 Å². The first kappa shape index (κ1) is 12.9. The fourth-order valence-corrected chi connectivity index (χ4v) is 2.43. The van der Waals surface area contributed by atoms with Crippen LogP contribution < -0.4 is 11.1 Å². The van der Waals surface area contributed by atoms with Crippen LogP contribution in [0.25, 0.3) is 0 Å². The van der Waals surface area contributed by atoms with Gasteiger partial charge in [0.25, 0.3) is 5.91 Å². The number of phenolic OH excluding ortho intramolecular Hbond substituents is 1. The number of amides is 1. The first-order valence-electron chi connectivity index (χ1n) is 6.44. The molecular formula is C14H20N2O2. The minimum absolute atomic E-state index is 0.0196. The van der Waals surface area contributed by atoms with Crippen LogP contribution in [0, 0.1) is 6.92 Å². The molecule has 2 atom stereocenters. The molecule has 1 aliphatic rings. The maximum Gasteiger partial charge on any atom is 0.255 e. The van der Waals surface area contributed by atoms with Gasteiger partial charge in [0.2, 0.25) is 0 Å². The Morgan fingerprint density at radius 3 is 2.83 bits per heavy atom. The SMILES string of the molecule is Cc1cccc(C(=O)NC2CCCCC2N)c1O. The molecule has 0 heterocycles. The summed E-state index contributed by atoms with van der Waals surface area (Å²) in [5.74, 6) is -0.182. The Balaban J connectivity index is 2.09. The average molecular weight is 248 g/mol.